The molecular formula is C23H31N3O5. The van der Waals surface area contributed by atoms with Gasteiger partial charge < -0.3 is 30.3 Å². The molecule has 2 heterocycles. The number of carbonyl (C=O) groups is 1. The number of rotatable bonds is 5. The molecule has 0 radical (unpaired) electrons. The van der Waals surface area contributed by atoms with Crippen molar-refractivity contribution in [2.45, 2.75) is 44.4 Å². The number of pyridine rings is 1. The number of nitrogens with one attached hydrogen (secondary N) is 2. The molecule has 31 heavy (non-hydrogen) atoms. The number of hydrogen-bond donors (Lipinski definition) is 4. The quantitative estimate of drug-likeness (QED) is 0.540. The molecule has 1 aliphatic heterocycles. The Balaban J connectivity index is 1.69. The highest BCUT2D eigenvalue weighted by atomic mass is 16.5. The zero-order valence-electron chi connectivity index (χ0n) is 18.4. The van der Waals surface area contributed by atoms with E-state index in [2.05, 4.69) is 22.5 Å². The predicted molar refractivity (Wildman–Crippen MR) is 117 cm³/mol. The van der Waals surface area contributed by atoms with E-state index in [0.717, 1.165) is 18.4 Å². The molecule has 1 saturated heterocycles. The van der Waals surface area contributed by atoms with Crippen molar-refractivity contribution in [1.29, 1.82) is 0 Å². The average molecular weight is 430 g/mol. The van der Waals surface area contributed by atoms with Crippen LogP contribution in [0.4, 0.5) is 5.82 Å². The molecule has 4 rings (SSSR count). The molecule has 1 aliphatic carbocycles. The van der Waals surface area contributed by atoms with Gasteiger partial charge >= 0.3 is 0 Å². The van der Waals surface area contributed by atoms with Crippen molar-refractivity contribution in [2.24, 2.45) is 17.8 Å². The summed E-state index contributed by atoms with van der Waals surface area (Å²) in [7, 11) is 5.20. The van der Waals surface area contributed by atoms with E-state index in [-0.39, 0.29) is 47.5 Å². The van der Waals surface area contributed by atoms with Crippen LogP contribution in [-0.2, 0) is 20.7 Å². The van der Waals surface area contributed by atoms with E-state index in [1.807, 2.05) is 6.07 Å². The molecule has 0 spiro atoms. The number of fused-ring (bicyclic) bond motifs is 2. The Kier molecular flexibility index (Phi) is 5.94. The lowest BCUT2D eigenvalue weighted by atomic mass is 9.64. The largest absolute Gasteiger partial charge is 0.504 e. The first-order valence-corrected chi connectivity index (χ1v) is 10.8. The van der Waals surface area contributed by atoms with Gasteiger partial charge in [0.25, 0.3) is 0 Å². The Morgan fingerprint density at radius 2 is 1.74 bits per heavy atom. The van der Waals surface area contributed by atoms with Crippen molar-refractivity contribution >= 4 is 22.6 Å². The van der Waals surface area contributed by atoms with Gasteiger partial charge in [-0.2, -0.15) is 0 Å². The molecule has 6 unspecified atom stereocenters. The van der Waals surface area contributed by atoms with Gasteiger partial charge in [-0.25, -0.2) is 4.98 Å². The summed E-state index contributed by atoms with van der Waals surface area (Å²) < 4.78 is 11.4. The lowest BCUT2D eigenvalue weighted by Gasteiger charge is -2.48. The Hall–Kier alpha value is -2.58. The van der Waals surface area contributed by atoms with E-state index in [1.54, 1.807) is 21.3 Å². The fraction of sp³-hybridized carbons (Fsp3) is 0.565. The number of hydrogen-bond acceptors (Lipinski definition) is 7. The highest BCUT2D eigenvalue weighted by Crippen LogP contribution is 2.44. The van der Waals surface area contributed by atoms with E-state index >= 15 is 0 Å². The molecule has 2 aliphatic rings. The van der Waals surface area contributed by atoms with Gasteiger partial charge in [0.15, 0.2) is 11.5 Å². The summed E-state index contributed by atoms with van der Waals surface area (Å²) in [4.78, 5) is 17.7. The molecule has 1 aromatic heterocycles. The molecule has 4 N–H and O–H groups in total. The number of benzene rings is 1. The maximum atomic E-state index is 13.1. The molecule has 168 valence electrons. The SMILES string of the molecule is CNc1nc2cc(O)c(O)cc2cc1CC1C(=O)NC(C)C2CC(OC)C(OC)CC12. The van der Waals surface area contributed by atoms with Crippen molar-refractivity contribution in [3.05, 3.63) is 23.8 Å². The van der Waals surface area contributed by atoms with Crippen LogP contribution < -0.4 is 10.6 Å². The second kappa shape index (κ2) is 8.51. The monoisotopic (exact) mass is 429 g/mol. The highest BCUT2D eigenvalue weighted by molar-refractivity contribution is 5.86. The number of carbonyl (C=O) groups excluding carboxylic acids is 1. The van der Waals surface area contributed by atoms with Crippen LogP contribution in [0.25, 0.3) is 10.9 Å². The first-order chi connectivity index (χ1) is 14.9. The van der Waals surface area contributed by atoms with Crippen LogP contribution >= 0.6 is 0 Å². The summed E-state index contributed by atoms with van der Waals surface area (Å²) in [5.74, 6) is 0.583. The van der Waals surface area contributed by atoms with Crippen molar-refractivity contribution in [3.63, 3.8) is 0 Å². The Bertz CT molecular complexity index is 981. The van der Waals surface area contributed by atoms with E-state index in [9.17, 15) is 15.0 Å². The van der Waals surface area contributed by atoms with Crippen molar-refractivity contribution in [2.75, 3.05) is 26.6 Å². The summed E-state index contributed by atoms with van der Waals surface area (Å²) in [6.07, 6.45) is 2.13. The van der Waals surface area contributed by atoms with Gasteiger partial charge in [-0.15, -0.1) is 0 Å². The fourth-order valence-electron chi connectivity index (χ4n) is 5.45. The first kappa shape index (κ1) is 21.6. The average Bonchev–Trinajstić information content (AvgIpc) is 2.76. The molecule has 8 nitrogen and oxygen atoms in total. The molecule has 1 aromatic carbocycles. The number of aromatic hydroxyl groups is 2. The van der Waals surface area contributed by atoms with E-state index < -0.39 is 0 Å². The molecule has 1 saturated carbocycles. The predicted octanol–water partition coefficient (Wildman–Crippen LogP) is 2.42. The Labute approximate surface area is 182 Å². The summed E-state index contributed by atoms with van der Waals surface area (Å²) in [6, 6.07) is 4.96. The summed E-state index contributed by atoms with van der Waals surface area (Å²) >= 11 is 0. The van der Waals surface area contributed by atoms with Gasteiger partial charge in [-0.1, -0.05) is 0 Å². The van der Waals surface area contributed by atoms with Gasteiger partial charge in [0.2, 0.25) is 5.91 Å². The third kappa shape index (κ3) is 3.90. The van der Waals surface area contributed by atoms with Crippen LogP contribution in [0, 0.1) is 17.8 Å². The molecule has 1 amide bonds. The Morgan fingerprint density at radius 3 is 2.39 bits per heavy atom. The Morgan fingerprint density at radius 1 is 1.10 bits per heavy atom. The lowest BCUT2D eigenvalue weighted by molar-refractivity contribution is -0.143. The van der Waals surface area contributed by atoms with Gasteiger partial charge in [0.1, 0.15) is 5.82 Å². The van der Waals surface area contributed by atoms with Crippen LogP contribution in [0.5, 0.6) is 11.5 Å². The van der Waals surface area contributed by atoms with Crippen LogP contribution in [0.15, 0.2) is 18.2 Å². The van der Waals surface area contributed by atoms with Crippen LogP contribution in [0.1, 0.15) is 25.3 Å². The van der Waals surface area contributed by atoms with E-state index in [0.29, 0.717) is 29.1 Å². The second-order valence-electron chi connectivity index (χ2n) is 8.74. The second-order valence-corrected chi connectivity index (χ2v) is 8.74. The van der Waals surface area contributed by atoms with Gasteiger partial charge in [-0.3, -0.25) is 4.79 Å². The zero-order valence-corrected chi connectivity index (χ0v) is 18.4. The number of ether oxygens (including phenoxy) is 2. The molecular weight excluding hydrogens is 398 g/mol. The van der Waals surface area contributed by atoms with Crippen molar-refractivity contribution in [1.82, 2.24) is 10.3 Å². The molecule has 2 aromatic rings. The van der Waals surface area contributed by atoms with Crippen LogP contribution in [0.3, 0.4) is 0 Å². The number of aromatic nitrogens is 1. The standard InChI is InChI=1S/C23H31N3O5/c1-11-14-8-20(30-3)21(31-4)9-15(14)16(23(29)25-11)6-13-5-12-7-18(27)19(28)10-17(12)26-22(13)24-2/h5,7,10-11,14-16,20-21,27-28H,6,8-9H2,1-4H3,(H,24,26)(H,25,29). The zero-order chi connectivity index (χ0) is 22.3. The molecule has 8 heteroatoms. The number of nitrogens with zero attached hydrogens (tertiary/aromatic N) is 1. The van der Waals surface area contributed by atoms with Gasteiger partial charge in [-0.05, 0) is 55.7 Å². The summed E-state index contributed by atoms with van der Waals surface area (Å²) in [5, 5.41) is 26.7. The van der Waals surface area contributed by atoms with Crippen LogP contribution in [-0.4, -0.2) is 60.6 Å². The number of piperidine rings is 1. The highest BCUT2D eigenvalue weighted by Gasteiger charge is 2.48. The lowest BCUT2D eigenvalue weighted by Crippen LogP contribution is -2.58. The summed E-state index contributed by atoms with van der Waals surface area (Å²) in [5.41, 5.74) is 1.47. The third-order valence-electron chi connectivity index (χ3n) is 7.11. The van der Waals surface area contributed by atoms with E-state index in [1.165, 1.54) is 12.1 Å². The fourth-order valence-corrected chi connectivity index (χ4v) is 5.45. The third-order valence-corrected chi connectivity index (χ3v) is 7.11. The maximum Gasteiger partial charge on any atom is 0.223 e. The maximum absolute atomic E-state index is 13.1. The normalized spacial score (nSPS) is 30.6. The van der Waals surface area contributed by atoms with Crippen LogP contribution in [0.2, 0.25) is 0 Å². The molecule has 0 bridgehead atoms. The number of phenolic OH excluding ortho intramolecular Hbond substituents is 2. The van der Waals surface area contributed by atoms with Gasteiger partial charge in [0, 0.05) is 44.7 Å². The number of anilines is 1. The first-order valence-electron chi connectivity index (χ1n) is 10.8. The minimum atomic E-state index is -0.214. The van der Waals surface area contributed by atoms with Crippen molar-refractivity contribution in [3.8, 4) is 11.5 Å². The number of amides is 1. The molecule has 2 fully saturated rings. The van der Waals surface area contributed by atoms with Gasteiger partial charge in [0.05, 0.1) is 17.7 Å². The number of methoxy groups -OCH3 is 2. The minimum absolute atomic E-state index is 0.0233. The van der Waals surface area contributed by atoms with E-state index in [4.69, 9.17) is 9.47 Å². The minimum Gasteiger partial charge on any atom is -0.504 e. The summed E-state index contributed by atoms with van der Waals surface area (Å²) in [6.45, 7) is 2.07. The molecule has 6 atom stereocenters. The smallest absolute Gasteiger partial charge is 0.223 e. The van der Waals surface area contributed by atoms with Crippen molar-refractivity contribution < 1.29 is 24.5 Å². The topological polar surface area (TPSA) is 113 Å². The number of phenols is 2.